The van der Waals surface area contributed by atoms with Crippen molar-refractivity contribution in [3.05, 3.63) is 64.1 Å². The number of amides is 2. The van der Waals surface area contributed by atoms with E-state index in [4.69, 9.17) is 4.74 Å². The van der Waals surface area contributed by atoms with E-state index in [2.05, 4.69) is 26.0 Å². The van der Waals surface area contributed by atoms with Crippen LogP contribution < -0.4 is 10.1 Å². The topological polar surface area (TPSA) is 84.9 Å². The number of benzene rings is 2. The molecular weight excluding hydrogens is 502 g/mol. The summed E-state index contributed by atoms with van der Waals surface area (Å²) in [5.41, 5.74) is 1.01. The molecule has 2 aliphatic rings. The van der Waals surface area contributed by atoms with Crippen molar-refractivity contribution in [2.75, 3.05) is 13.2 Å². The van der Waals surface area contributed by atoms with Crippen LogP contribution in [-0.4, -0.2) is 60.4 Å². The van der Waals surface area contributed by atoms with E-state index < -0.39 is 24.6 Å². The van der Waals surface area contributed by atoms with Gasteiger partial charge in [0.15, 0.2) is 5.78 Å². The average Bonchev–Trinajstić information content (AvgIpc) is 3.37. The van der Waals surface area contributed by atoms with Crippen molar-refractivity contribution in [3.8, 4) is 5.75 Å². The zero-order valence-electron chi connectivity index (χ0n) is 17.4. The van der Waals surface area contributed by atoms with E-state index in [-0.39, 0.29) is 42.1 Å². The van der Waals surface area contributed by atoms with Crippen LogP contribution in [0.15, 0.2) is 53.0 Å². The van der Waals surface area contributed by atoms with Gasteiger partial charge in [0.05, 0.1) is 6.10 Å². The number of alkyl halides is 2. The van der Waals surface area contributed by atoms with Crippen LogP contribution in [0.1, 0.15) is 22.3 Å². The van der Waals surface area contributed by atoms with Crippen LogP contribution in [0.3, 0.4) is 0 Å². The third kappa shape index (κ3) is 5.39. The molecule has 4 rings (SSSR count). The Kier molecular flexibility index (Phi) is 7.04. The zero-order valence-corrected chi connectivity index (χ0v) is 19.0. The van der Waals surface area contributed by atoms with Gasteiger partial charge in [-0.2, -0.15) is 8.78 Å². The highest BCUT2D eigenvalue weighted by Gasteiger charge is 2.48. The highest BCUT2D eigenvalue weighted by molar-refractivity contribution is 9.10. The van der Waals surface area contributed by atoms with Crippen LogP contribution in [0, 0.1) is 0 Å². The number of halogens is 3. The predicted molar refractivity (Wildman–Crippen MR) is 117 cm³/mol. The molecule has 1 N–H and O–H groups in total. The SMILES string of the molecule is O=C(NC(Cc1ccc(Br)cc1)C(=O)N1CCC2OCC(=O)C21)c1ccc(OC(F)F)cc1. The van der Waals surface area contributed by atoms with Gasteiger partial charge in [-0.3, -0.25) is 14.4 Å². The van der Waals surface area contributed by atoms with Gasteiger partial charge in [0.1, 0.15) is 24.4 Å². The van der Waals surface area contributed by atoms with E-state index in [1.54, 1.807) is 0 Å². The van der Waals surface area contributed by atoms with Gasteiger partial charge in [-0.1, -0.05) is 28.1 Å². The molecule has 0 aromatic heterocycles. The first-order valence-corrected chi connectivity index (χ1v) is 11.2. The van der Waals surface area contributed by atoms with Crippen molar-refractivity contribution in [2.45, 2.75) is 37.6 Å². The first-order chi connectivity index (χ1) is 15.8. The van der Waals surface area contributed by atoms with Gasteiger partial charge in [0.2, 0.25) is 5.91 Å². The molecule has 0 saturated carbocycles. The maximum absolute atomic E-state index is 13.4. The summed E-state index contributed by atoms with van der Waals surface area (Å²) in [6.45, 7) is -2.62. The molecule has 2 aromatic carbocycles. The van der Waals surface area contributed by atoms with Crippen molar-refractivity contribution in [1.29, 1.82) is 0 Å². The quantitative estimate of drug-likeness (QED) is 0.604. The second-order valence-electron chi connectivity index (χ2n) is 7.84. The molecule has 0 bridgehead atoms. The number of hydrogen-bond acceptors (Lipinski definition) is 5. The van der Waals surface area contributed by atoms with E-state index in [1.165, 1.54) is 29.2 Å². The summed E-state index contributed by atoms with van der Waals surface area (Å²) in [6, 6.07) is 11.0. The summed E-state index contributed by atoms with van der Waals surface area (Å²) in [5.74, 6) is -1.13. The third-order valence-electron chi connectivity index (χ3n) is 5.69. The number of carbonyl (C=O) groups is 3. The van der Waals surface area contributed by atoms with E-state index >= 15 is 0 Å². The Bertz CT molecular complexity index is 1030. The Morgan fingerprint density at radius 1 is 1.15 bits per heavy atom. The van der Waals surface area contributed by atoms with Crippen molar-refractivity contribution in [2.24, 2.45) is 0 Å². The molecule has 2 aromatic rings. The van der Waals surface area contributed by atoms with Crippen LogP contribution in [0.4, 0.5) is 8.78 Å². The molecule has 2 saturated heterocycles. The van der Waals surface area contributed by atoms with Crippen molar-refractivity contribution in [1.82, 2.24) is 10.2 Å². The number of hydrogen-bond donors (Lipinski definition) is 1. The lowest BCUT2D eigenvalue weighted by Crippen LogP contribution is -2.53. The lowest BCUT2D eigenvalue weighted by Gasteiger charge is -2.27. The lowest BCUT2D eigenvalue weighted by atomic mass is 10.0. The number of carbonyl (C=O) groups excluding carboxylic acids is 3. The van der Waals surface area contributed by atoms with Crippen molar-refractivity contribution >= 4 is 33.5 Å². The summed E-state index contributed by atoms with van der Waals surface area (Å²) in [7, 11) is 0. The Hall–Kier alpha value is -2.85. The van der Waals surface area contributed by atoms with E-state index in [0.29, 0.717) is 13.0 Å². The average molecular weight is 523 g/mol. The standard InChI is InChI=1S/C23H21BrF2N2O5/c24-15-5-1-13(2-6-15)11-17(22(31)28-10-9-19-20(28)18(29)12-32-19)27-21(30)14-3-7-16(8-4-14)33-23(25)26/h1-8,17,19-20,23H,9-12H2,(H,27,30). The van der Waals surface area contributed by atoms with Gasteiger partial charge in [0, 0.05) is 23.0 Å². The molecule has 0 spiro atoms. The van der Waals surface area contributed by atoms with E-state index in [1.807, 2.05) is 24.3 Å². The molecule has 2 fully saturated rings. The number of ether oxygens (including phenoxy) is 2. The summed E-state index contributed by atoms with van der Waals surface area (Å²) in [4.78, 5) is 40.1. The minimum atomic E-state index is -2.97. The van der Waals surface area contributed by atoms with Crippen molar-refractivity contribution < 1.29 is 32.6 Å². The van der Waals surface area contributed by atoms with Gasteiger partial charge in [-0.15, -0.1) is 0 Å². The molecule has 0 radical (unpaired) electrons. The minimum Gasteiger partial charge on any atom is -0.435 e. The maximum Gasteiger partial charge on any atom is 0.387 e. The minimum absolute atomic E-state index is 0.0180. The highest BCUT2D eigenvalue weighted by atomic mass is 79.9. The molecule has 174 valence electrons. The smallest absolute Gasteiger partial charge is 0.387 e. The Morgan fingerprint density at radius 3 is 2.52 bits per heavy atom. The molecule has 0 aliphatic carbocycles. The number of likely N-dealkylation sites (tertiary alicyclic amines) is 1. The number of nitrogens with one attached hydrogen (secondary N) is 1. The zero-order chi connectivity index (χ0) is 23.5. The van der Waals surface area contributed by atoms with Crippen molar-refractivity contribution in [3.63, 3.8) is 0 Å². The first-order valence-electron chi connectivity index (χ1n) is 10.4. The molecule has 33 heavy (non-hydrogen) atoms. The molecule has 10 heteroatoms. The number of rotatable bonds is 7. The lowest BCUT2D eigenvalue weighted by molar-refractivity contribution is -0.138. The van der Waals surface area contributed by atoms with Gasteiger partial charge in [0.25, 0.3) is 5.91 Å². The highest BCUT2D eigenvalue weighted by Crippen LogP contribution is 2.28. The first kappa shape index (κ1) is 23.3. The largest absolute Gasteiger partial charge is 0.435 e. The fourth-order valence-electron chi connectivity index (χ4n) is 4.13. The Labute approximate surface area is 197 Å². The fraction of sp³-hybridized carbons (Fsp3) is 0.348. The normalized spacial score (nSPS) is 20.6. The number of ketones is 1. The molecule has 3 atom stereocenters. The Morgan fingerprint density at radius 2 is 1.85 bits per heavy atom. The second-order valence-corrected chi connectivity index (χ2v) is 8.76. The van der Waals surface area contributed by atoms with Gasteiger partial charge in [-0.25, -0.2) is 0 Å². The Balaban J connectivity index is 1.53. The van der Waals surface area contributed by atoms with Crippen LogP contribution in [0.2, 0.25) is 0 Å². The van der Waals surface area contributed by atoms with Gasteiger partial charge >= 0.3 is 6.61 Å². The van der Waals surface area contributed by atoms with E-state index in [9.17, 15) is 23.2 Å². The van der Waals surface area contributed by atoms with Crippen LogP contribution in [0.5, 0.6) is 5.75 Å². The number of nitrogens with zero attached hydrogens (tertiary/aromatic N) is 1. The van der Waals surface area contributed by atoms with Gasteiger partial charge in [-0.05, 0) is 48.4 Å². The second kappa shape index (κ2) is 9.96. The number of Topliss-reactive ketones (excluding diaryl/α,β-unsaturated/α-hetero) is 1. The van der Waals surface area contributed by atoms with Gasteiger partial charge < -0.3 is 19.7 Å². The van der Waals surface area contributed by atoms with Crippen LogP contribution >= 0.6 is 15.9 Å². The van der Waals surface area contributed by atoms with E-state index in [0.717, 1.165) is 10.0 Å². The summed E-state index contributed by atoms with van der Waals surface area (Å²) in [6.07, 6.45) is 0.466. The van der Waals surface area contributed by atoms with Crippen LogP contribution in [-0.2, 0) is 20.7 Å². The summed E-state index contributed by atoms with van der Waals surface area (Å²) < 4.78 is 35.4. The summed E-state index contributed by atoms with van der Waals surface area (Å²) in [5, 5.41) is 2.75. The molecule has 2 amide bonds. The maximum atomic E-state index is 13.4. The molecule has 3 unspecified atom stereocenters. The monoisotopic (exact) mass is 522 g/mol. The molecule has 2 aliphatic heterocycles. The molecule has 2 heterocycles. The number of fused-ring (bicyclic) bond motifs is 1. The fourth-order valence-corrected chi connectivity index (χ4v) is 4.39. The molecular formula is C23H21BrF2N2O5. The molecule has 7 nitrogen and oxygen atoms in total. The third-order valence-corrected chi connectivity index (χ3v) is 6.22. The van der Waals surface area contributed by atoms with Crippen LogP contribution in [0.25, 0.3) is 0 Å². The predicted octanol–water partition coefficient (Wildman–Crippen LogP) is 2.96. The summed E-state index contributed by atoms with van der Waals surface area (Å²) >= 11 is 3.37.